The Kier molecular flexibility index (Phi) is 9.75. The van der Waals surface area contributed by atoms with Crippen molar-refractivity contribution in [3.8, 4) is 0 Å². The lowest BCUT2D eigenvalue weighted by atomic mass is 9.82. The third-order valence-corrected chi connectivity index (χ3v) is 7.82. The summed E-state index contributed by atoms with van der Waals surface area (Å²) in [4.78, 5) is 67.7. The number of H-pyrrole nitrogens is 1. The summed E-state index contributed by atoms with van der Waals surface area (Å²) >= 11 is 0. The highest BCUT2D eigenvalue weighted by atomic mass is 16.4. The fourth-order valence-corrected chi connectivity index (χ4v) is 5.55. The Morgan fingerprint density at radius 3 is 2.27 bits per heavy atom. The van der Waals surface area contributed by atoms with Crippen LogP contribution in [0.1, 0.15) is 57.6 Å². The molecule has 2 atom stereocenters. The van der Waals surface area contributed by atoms with Crippen molar-refractivity contribution in [2.45, 2.75) is 64.5 Å². The second-order valence-corrected chi connectivity index (χ2v) is 11.3. The molecule has 1 heterocycles. The van der Waals surface area contributed by atoms with Crippen molar-refractivity contribution in [3.63, 3.8) is 0 Å². The van der Waals surface area contributed by atoms with E-state index in [1.54, 1.807) is 24.3 Å². The maximum atomic E-state index is 13.8. The van der Waals surface area contributed by atoms with Gasteiger partial charge in [-0.2, -0.15) is 0 Å². The van der Waals surface area contributed by atoms with Crippen LogP contribution in [-0.2, 0) is 20.8 Å². The highest BCUT2D eigenvalue weighted by molar-refractivity contribution is 5.89. The summed E-state index contributed by atoms with van der Waals surface area (Å²) in [6.07, 6.45) is 3.04. The molecule has 1 saturated carbocycles. The molecule has 0 aliphatic heterocycles. The Morgan fingerprint density at radius 1 is 0.951 bits per heavy atom. The molecule has 4 rings (SSSR count). The van der Waals surface area contributed by atoms with Crippen LogP contribution in [0.4, 0.5) is 0 Å². The zero-order valence-corrected chi connectivity index (χ0v) is 23.5. The lowest BCUT2D eigenvalue weighted by Gasteiger charge is -2.28. The number of hydrogen-bond donors (Lipinski definition) is 4. The molecule has 10 heteroatoms. The molecule has 4 N–H and O–H groups in total. The first kappa shape index (κ1) is 29.8. The van der Waals surface area contributed by atoms with Gasteiger partial charge in [0.1, 0.15) is 12.1 Å². The van der Waals surface area contributed by atoms with E-state index in [2.05, 4.69) is 15.6 Å². The number of rotatable bonds is 11. The van der Waals surface area contributed by atoms with Crippen molar-refractivity contribution < 1.29 is 19.5 Å². The number of nitrogens with one attached hydrogen (secondary N) is 3. The molecule has 1 aliphatic carbocycles. The minimum atomic E-state index is -1.19. The van der Waals surface area contributed by atoms with Gasteiger partial charge in [0.05, 0.1) is 16.8 Å². The van der Waals surface area contributed by atoms with Gasteiger partial charge in [0.15, 0.2) is 0 Å². The van der Waals surface area contributed by atoms with Crippen LogP contribution in [-0.4, -0.2) is 45.0 Å². The summed E-state index contributed by atoms with van der Waals surface area (Å²) in [5.41, 5.74) is -0.144. The number of carbonyl (C=O) groups is 3. The number of aliphatic carboxylic acids is 1. The summed E-state index contributed by atoms with van der Waals surface area (Å²) in [7, 11) is 0. The van der Waals surface area contributed by atoms with Crippen LogP contribution in [0.25, 0.3) is 10.9 Å². The number of carboxylic acids is 1. The zero-order chi connectivity index (χ0) is 29.5. The Hall–Kier alpha value is -4.21. The van der Waals surface area contributed by atoms with E-state index in [1.807, 2.05) is 44.2 Å². The van der Waals surface area contributed by atoms with Gasteiger partial charge in [-0.25, -0.2) is 9.36 Å². The maximum absolute atomic E-state index is 13.8. The number of nitrogens with zero attached hydrogens (tertiary/aromatic N) is 1. The SMILES string of the molecule is CC(C)C[C@H](NC(=O)[C@H](Cc1ccccc1)n1c(=O)[nH]c2ccccc2c1=O)C(=O)NCC1CCC(C(=O)O)CC1. The second kappa shape index (κ2) is 13.4. The molecule has 218 valence electrons. The molecular formula is C31H38N4O6. The molecule has 0 spiro atoms. The largest absolute Gasteiger partial charge is 0.481 e. The smallest absolute Gasteiger partial charge is 0.329 e. The number of para-hydroxylation sites is 1. The van der Waals surface area contributed by atoms with Crippen LogP contribution < -0.4 is 21.9 Å². The first-order chi connectivity index (χ1) is 19.6. The number of aromatic amines is 1. The van der Waals surface area contributed by atoms with Crippen LogP contribution in [0.3, 0.4) is 0 Å². The van der Waals surface area contributed by atoms with Gasteiger partial charge in [-0.1, -0.05) is 56.3 Å². The van der Waals surface area contributed by atoms with Crippen molar-refractivity contribution in [3.05, 3.63) is 81.0 Å². The summed E-state index contributed by atoms with van der Waals surface area (Å²) in [6, 6.07) is 13.7. The van der Waals surface area contributed by atoms with Gasteiger partial charge in [-0.05, 0) is 61.6 Å². The minimum absolute atomic E-state index is 0.0800. The standard InChI is InChI=1S/C31H38N4O6/c1-19(2)16-25(27(36)32-18-21-12-14-22(15-13-21)30(39)40)33-28(37)26(17-20-8-4-3-5-9-20)35-29(38)23-10-6-7-11-24(23)34-31(35)41/h3-11,19,21-22,25-26H,12-18H2,1-2H3,(H,32,36)(H,33,37)(H,34,41)(H,39,40)/t21?,22?,25-,26-/m0/s1. The Balaban J connectivity index is 1.56. The number of aromatic nitrogens is 2. The summed E-state index contributed by atoms with van der Waals surface area (Å²) in [5, 5.41) is 15.3. The first-order valence-corrected chi connectivity index (χ1v) is 14.2. The number of amides is 2. The molecule has 0 saturated heterocycles. The van der Waals surface area contributed by atoms with Crippen molar-refractivity contribution in [2.24, 2.45) is 17.8 Å². The van der Waals surface area contributed by atoms with Gasteiger partial charge in [0, 0.05) is 13.0 Å². The summed E-state index contributed by atoms with van der Waals surface area (Å²) in [6.45, 7) is 4.28. The van der Waals surface area contributed by atoms with E-state index in [0.717, 1.165) is 10.1 Å². The van der Waals surface area contributed by atoms with Crippen LogP contribution >= 0.6 is 0 Å². The molecule has 10 nitrogen and oxygen atoms in total. The number of carbonyl (C=O) groups excluding carboxylic acids is 2. The van der Waals surface area contributed by atoms with Gasteiger partial charge < -0.3 is 20.7 Å². The van der Waals surface area contributed by atoms with E-state index in [4.69, 9.17) is 0 Å². The van der Waals surface area contributed by atoms with Gasteiger partial charge in [0.25, 0.3) is 5.56 Å². The maximum Gasteiger partial charge on any atom is 0.329 e. The molecule has 1 aromatic heterocycles. The highest BCUT2D eigenvalue weighted by Crippen LogP contribution is 2.28. The predicted octanol–water partition coefficient (Wildman–Crippen LogP) is 3.01. The van der Waals surface area contributed by atoms with Crippen LogP contribution in [0.2, 0.25) is 0 Å². The van der Waals surface area contributed by atoms with Crippen molar-refractivity contribution in [1.82, 2.24) is 20.2 Å². The fraction of sp³-hybridized carbons (Fsp3) is 0.452. The molecule has 1 fully saturated rings. The normalized spacial score (nSPS) is 18.5. The van der Waals surface area contributed by atoms with Crippen LogP contribution in [0, 0.1) is 17.8 Å². The van der Waals surface area contributed by atoms with Gasteiger partial charge in [-0.15, -0.1) is 0 Å². The zero-order valence-electron chi connectivity index (χ0n) is 23.5. The molecule has 2 amide bonds. The van der Waals surface area contributed by atoms with E-state index in [9.17, 15) is 29.1 Å². The van der Waals surface area contributed by atoms with E-state index in [-0.39, 0.29) is 35.5 Å². The molecule has 0 unspecified atom stereocenters. The molecule has 1 aliphatic rings. The average molecular weight is 563 g/mol. The van der Waals surface area contributed by atoms with Crippen molar-refractivity contribution in [2.75, 3.05) is 6.54 Å². The van der Waals surface area contributed by atoms with Crippen LogP contribution in [0.5, 0.6) is 0 Å². The Morgan fingerprint density at radius 2 is 1.61 bits per heavy atom. The van der Waals surface area contributed by atoms with E-state index in [0.29, 0.717) is 44.2 Å². The Labute approximate surface area is 238 Å². The fourth-order valence-electron chi connectivity index (χ4n) is 5.55. The van der Waals surface area contributed by atoms with Gasteiger partial charge in [0.2, 0.25) is 11.8 Å². The third-order valence-electron chi connectivity index (χ3n) is 7.82. The van der Waals surface area contributed by atoms with E-state index in [1.165, 1.54) is 0 Å². The number of hydrogen-bond acceptors (Lipinski definition) is 5. The van der Waals surface area contributed by atoms with Crippen molar-refractivity contribution in [1.29, 1.82) is 0 Å². The molecule has 2 aromatic carbocycles. The molecule has 3 aromatic rings. The van der Waals surface area contributed by atoms with Gasteiger partial charge >= 0.3 is 11.7 Å². The molecule has 0 radical (unpaired) electrons. The van der Waals surface area contributed by atoms with E-state index < -0.39 is 35.2 Å². The number of fused-ring (bicyclic) bond motifs is 1. The topological polar surface area (TPSA) is 150 Å². The minimum Gasteiger partial charge on any atom is -0.481 e. The summed E-state index contributed by atoms with van der Waals surface area (Å²) < 4.78 is 0.940. The second-order valence-electron chi connectivity index (χ2n) is 11.3. The summed E-state index contributed by atoms with van der Waals surface area (Å²) in [5.74, 6) is -1.80. The lowest BCUT2D eigenvalue weighted by Crippen LogP contribution is -2.52. The van der Waals surface area contributed by atoms with Crippen molar-refractivity contribution >= 4 is 28.7 Å². The molecule has 0 bridgehead atoms. The predicted molar refractivity (Wildman–Crippen MR) is 155 cm³/mol. The quantitative estimate of drug-likeness (QED) is 0.282. The monoisotopic (exact) mass is 562 g/mol. The average Bonchev–Trinajstić information content (AvgIpc) is 2.95. The number of carboxylic acid groups (broad SMARTS) is 1. The highest BCUT2D eigenvalue weighted by Gasteiger charge is 2.31. The molecular weight excluding hydrogens is 524 g/mol. The third kappa shape index (κ3) is 7.50. The van der Waals surface area contributed by atoms with Crippen LogP contribution in [0.15, 0.2) is 64.2 Å². The molecule has 41 heavy (non-hydrogen) atoms. The first-order valence-electron chi connectivity index (χ1n) is 14.2. The Bertz CT molecular complexity index is 1490. The lowest BCUT2D eigenvalue weighted by molar-refractivity contribution is -0.143. The van der Waals surface area contributed by atoms with E-state index >= 15 is 0 Å². The number of benzene rings is 2. The van der Waals surface area contributed by atoms with Gasteiger partial charge in [-0.3, -0.25) is 19.2 Å².